The van der Waals surface area contributed by atoms with E-state index in [1.807, 2.05) is 25.9 Å². The summed E-state index contributed by atoms with van der Waals surface area (Å²) < 4.78 is 4.94. The molecule has 0 bridgehead atoms. The molecular formula is C10H18ClNO2. The number of esters is 1. The van der Waals surface area contributed by atoms with Crippen LogP contribution in [0.2, 0.25) is 0 Å². The van der Waals surface area contributed by atoms with Crippen molar-refractivity contribution in [1.82, 2.24) is 4.90 Å². The van der Waals surface area contributed by atoms with Crippen molar-refractivity contribution in [3.05, 3.63) is 12.2 Å². The van der Waals surface area contributed by atoms with Gasteiger partial charge < -0.3 is 4.74 Å². The number of ether oxygens (including phenoxy) is 1. The highest BCUT2D eigenvalue weighted by Gasteiger charge is 2.23. The summed E-state index contributed by atoms with van der Waals surface area (Å²) in [6.07, 6.45) is 0.584. The average Bonchev–Trinajstić information content (AvgIpc) is 2.03. The Morgan fingerprint density at radius 3 is 2.43 bits per heavy atom. The van der Waals surface area contributed by atoms with Gasteiger partial charge in [-0.15, -0.1) is 11.6 Å². The van der Waals surface area contributed by atoms with E-state index in [9.17, 15) is 4.79 Å². The first-order valence-electron chi connectivity index (χ1n) is 4.46. The third kappa shape index (κ3) is 4.63. The molecule has 3 nitrogen and oxygen atoms in total. The molecule has 1 atom stereocenters. The molecule has 0 radical (unpaired) electrons. The topological polar surface area (TPSA) is 29.5 Å². The molecule has 0 spiro atoms. The first-order chi connectivity index (χ1) is 6.27. The van der Waals surface area contributed by atoms with Crippen molar-refractivity contribution in [1.29, 1.82) is 0 Å². The minimum Gasteiger partial charge on any atom is -0.462 e. The molecule has 0 saturated heterocycles. The Balaban J connectivity index is 3.85. The zero-order valence-corrected chi connectivity index (χ0v) is 10.0. The fourth-order valence-electron chi connectivity index (χ4n) is 0.677. The van der Waals surface area contributed by atoms with Crippen LogP contribution in [0.5, 0.6) is 0 Å². The minimum absolute atomic E-state index is 0.309. The summed E-state index contributed by atoms with van der Waals surface area (Å²) >= 11 is 6.15. The molecule has 0 N–H and O–H groups in total. The van der Waals surface area contributed by atoms with Crippen molar-refractivity contribution in [2.75, 3.05) is 20.7 Å². The Hall–Kier alpha value is -0.540. The van der Waals surface area contributed by atoms with E-state index in [2.05, 4.69) is 6.58 Å². The molecule has 0 aliphatic rings. The molecule has 0 saturated carbocycles. The van der Waals surface area contributed by atoms with Crippen LogP contribution in [-0.2, 0) is 9.53 Å². The van der Waals surface area contributed by atoms with E-state index in [-0.39, 0.29) is 5.97 Å². The Morgan fingerprint density at radius 2 is 2.07 bits per heavy atom. The molecule has 0 heterocycles. The van der Waals surface area contributed by atoms with E-state index >= 15 is 0 Å². The quantitative estimate of drug-likeness (QED) is 0.307. The van der Waals surface area contributed by atoms with Crippen LogP contribution in [0.25, 0.3) is 0 Å². The zero-order chi connectivity index (χ0) is 11.4. The largest absolute Gasteiger partial charge is 0.462 e. The smallest absolute Gasteiger partial charge is 0.333 e. The van der Waals surface area contributed by atoms with Gasteiger partial charge >= 0.3 is 5.97 Å². The SMILES string of the molecule is C=C(C)C(=O)OCCC(C)(Cl)N(C)C. The molecule has 14 heavy (non-hydrogen) atoms. The molecule has 0 amide bonds. The van der Waals surface area contributed by atoms with Gasteiger partial charge in [0.2, 0.25) is 0 Å². The summed E-state index contributed by atoms with van der Waals surface area (Å²) in [7, 11) is 3.77. The number of rotatable bonds is 5. The summed E-state index contributed by atoms with van der Waals surface area (Å²) in [6, 6.07) is 0. The lowest BCUT2D eigenvalue weighted by Gasteiger charge is -2.29. The van der Waals surface area contributed by atoms with Crippen LogP contribution >= 0.6 is 11.6 Å². The monoisotopic (exact) mass is 219 g/mol. The number of carbonyl (C=O) groups is 1. The van der Waals surface area contributed by atoms with Gasteiger partial charge in [-0.2, -0.15) is 0 Å². The first kappa shape index (κ1) is 13.5. The molecule has 0 aromatic carbocycles. The maximum atomic E-state index is 11.0. The predicted octanol–water partition coefficient (Wildman–Crippen LogP) is 2.01. The van der Waals surface area contributed by atoms with Gasteiger partial charge in [0, 0.05) is 12.0 Å². The van der Waals surface area contributed by atoms with Gasteiger partial charge in [0.05, 0.1) is 11.6 Å². The Kier molecular flexibility index (Phi) is 5.16. The summed E-state index contributed by atoms with van der Waals surface area (Å²) in [6.45, 7) is 7.29. The summed E-state index contributed by atoms with van der Waals surface area (Å²) in [5.41, 5.74) is 0.408. The van der Waals surface area contributed by atoms with E-state index in [1.54, 1.807) is 6.92 Å². The Bertz CT molecular complexity index is 224. The standard InChI is InChI=1S/C10H18ClNO2/c1-8(2)9(13)14-7-6-10(3,11)12(4)5/h1,6-7H2,2-5H3. The number of carbonyl (C=O) groups excluding carboxylic acids is 1. The van der Waals surface area contributed by atoms with Gasteiger partial charge in [-0.25, -0.2) is 4.79 Å². The second kappa shape index (κ2) is 5.37. The minimum atomic E-state index is -0.477. The van der Waals surface area contributed by atoms with Crippen molar-refractivity contribution in [2.45, 2.75) is 25.3 Å². The zero-order valence-electron chi connectivity index (χ0n) is 9.26. The number of alkyl halides is 1. The summed E-state index contributed by atoms with van der Waals surface area (Å²) in [5, 5.41) is 0. The molecule has 0 fully saturated rings. The number of hydrogen-bond donors (Lipinski definition) is 0. The second-order valence-electron chi connectivity index (χ2n) is 3.70. The van der Waals surface area contributed by atoms with Crippen LogP contribution in [0.15, 0.2) is 12.2 Å². The lowest BCUT2D eigenvalue weighted by molar-refractivity contribution is -0.139. The van der Waals surface area contributed by atoms with E-state index in [0.29, 0.717) is 18.6 Å². The van der Waals surface area contributed by atoms with Crippen LogP contribution < -0.4 is 0 Å². The number of nitrogens with zero attached hydrogens (tertiary/aromatic N) is 1. The normalized spacial score (nSPS) is 15.0. The molecular weight excluding hydrogens is 202 g/mol. The first-order valence-corrected chi connectivity index (χ1v) is 4.84. The maximum Gasteiger partial charge on any atom is 0.333 e. The highest BCUT2D eigenvalue weighted by molar-refractivity contribution is 6.23. The van der Waals surface area contributed by atoms with E-state index in [1.165, 1.54) is 0 Å². The molecule has 0 rings (SSSR count). The van der Waals surface area contributed by atoms with Crippen LogP contribution in [0.3, 0.4) is 0 Å². The third-order valence-corrected chi connectivity index (χ3v) is 2.60. The lowest BCUT2D eigenvalue weighted by Crippen LogP contribution is -2.36. The highest BCUT2D eigenvalue weighted by atomic mass is 35.5. The fourth-order valence-corrected chi connectivity index (χ4v) is 0.754. The Morgan fingerprint density at radius 1 is 1.57 bits per heavy atom. The second-order valence-corrected chi connectivity index (χ2v) is 4.52. The number of hydrogen-bond acceptors (Lipinski definition) is 3. The Labute approximate surface area is 90.7 Å². The van der Waals surface area contributed by atoms with E-state index in [0.717, 1.165) is 0 Å². The van der Waals surface area contributed by atoms with Crippen molar-refractivity contribution < 1.29 is 9.53 Å². The van der Waals surface area contributed by atoms with Crippen molar-refractivity contribution in [2.24, 2.45) is 0 Å². The van der Waals surface area contributed by atoms with Crippen LogP contribution in [0.1, 0.15) is 20.3 Å². The van der Waals surface area contributed by atoms with Crippen molar-refractivity contribution in [3.63, 3.8) is 0 Å². The van der Waals surface area contributed by atoms with Crippen molar-refractivity contribution in [3.8, 4) is 0 Å². The van der Waals surface area contributed by atoms with Crippen LogP contribution in [-0.4, -0.2) is 36.6 Å². The average molecular weight is 220 g/mol. The predicted molar refractivity (Wildman–Crippen MR) is 58.3 cm³/mol. The fraction of sp³-hybridized carbons (Fsp3) is 0.700. The molecule has 0 aromatic rings. The van der Waals surface area contributed by atoms with Gasteiger partial charge in [0.15, 0.2) is 0 Å². The molecule has 82 valence electrons. The van der Waals surface area contributed by atoms with Gasteiger partial charge in [0.1, 0.15) is 0 Å². The molecule has 4 heteroatoms. The summed E-state index contributed by atoms with van der Waals surface area (Å²) in [5.74, 6) is -0.365. The van der Waals surface area contributed by atoms with Crippen molar-refractivity contribution >= 4 is 17.6 Å². The molecule has 1 unspecified atom stereocenters. The third-order valence-electron chi connectivity index (χ3n) is 2.07. The van der Waals surface area contributed by atoms with Gasteiger partial charge in [-0.1, -0.05) is 6.58 Å². The highest BCUT2D eigenvalue weighted by Crippen LogP contribution is 2.21. The van der Waals surface area contributed by atoms with Crippen LogP contribution in [0, 0.1) is 0 Å². The maximum absolute atomic E-state index is 11.0. The van der Waals surface area contributed by atoms with E-state index in [4.69, 9.17) is 16.3 Å². The molecule has 0 aromatic heterocycles. The number of halogens is 1. The molecule has 0 aliphatic heterocycles. The van der Waals surface area contributed by atoms with E-state index < -0.39 is 5.00 Å². The lowest BCUT2D eigenvalue weighted by atomic mass is 10.2. The molecule has 0 aliphatic carbocycles. The van der Waals surface area contributed by atoms with Gasteiger partial charge in [-0.05, 0) is 27.9 Å². The van der Waals surface area contributed by atoms with Gasteiger partial charge in [-0.3, -0.25) is 4.90 Å². The van der Waals surface area contributed by atoms with Crippen LogP contribution in [0.4, 0.5) is 0 Å². The summed E-state index contributed by atoms with van der Waals surface area (Å²) in [4.78, 5) is 12.4. The van der Waals surface area contributed by atoms with Gasteiger partial charge in [0.25, 0.3) is 0 Å².